The van der Waals surface area contributed by atoms with E-state index in [9.17, 15) is 13.2 Å². The number of hydrogen-bond acceptors (Lipinski definition) is 2. The molecule has 0 aliphatic carbocycles. The van der Waals surface area contributed by atoms with Crippen molar-refractivity contribution in [3.63, 3.8) is 0 Å². The summed E-state index contributed by atoms with van der Waals surface area (Å²) in [6, 6.07) is 16.6. The van der Waals surface area contributed by atoms with Gasteiger partial charge in [0.05, 0.1) is 17.7 Å². The summed E-state index contributed by atoms with van der Waals surface area (Å²) >= 11 is 0. The molecule has 0 saturated heterocycles. The minimum atomic E-state index is -4.32. The number of nitrogens with zero attached hydrogens (tertiary/aromatic N) is 1. The lowest BCUT2D eigenvalue weighted by atomic mass is 10.1. The van der Waals surface area contributed by atoms with Crippen LogP contribution in [0.2, 0.25) is 0 Å². The summed E-state index contributed by atoms with van der Waals surface area (Å²) in [5, 5.41) is 1.01. The van der Waals surface area contributed by atoms with E-state index in [1.165, 1.54) is 6.07 Å². The van der Waals surface area contributed by atoms with Crippen LogP contribution in [0.3, 0.4) is 0 Å². The number of para-hydroxylation sites is 1. The summed E-state index contributed by atoms with van der Waals surface area (Å²) in [5.74, 6) is 0.468. The quantitative estimate of drug-likeness (QED) is 0.684. The summed E-state index contributed by atoms with van der Waals surface area (Å²) in [6.45, 7) is 0.270. The molecule has 0 unspecified atom stereocenters. The van der Waals surface area contributed by atoms with E-state index in [2.05, 4.69) is 4.98 Å². The molecule has 0 spiro atoms. The fourth-order valence-electron chi connectivity index (χ4n) is 2.30. The van der Waals surface area contributed by atoms with Gasteiger partial charge in [0.2, 0.25) is 5.88 Å². The first-order chi connectivity index (χ1) is 11.0. The second kappa shape index (κ2) is 6.28. The molecule has 0 bridgehead atoms. The highest BCUT2D eigenvalue weighted by molar-refractivity contribution is 5.78. The van der Waals surface area contributed by atoms with E-state index < -0.39 is 11.7 Å². The SMILES string of the molecule is FC(F)(F)c1cccc(CCOc2ccc3ccccc3n2)c1. The van der Waals surface area contributed by atoms with Gasteiger partial charge in [-0.2, -0.15) is 13.2 Å². The first kappa shape index (κ1) is 15.3. The highest BCUT2D eigenvalue weighted by atomic mass is 19.4. The lowest BCUT2D eigenvalue weighted by Crippen LogP contribution is -2.07. The van der Waals surface area contributed by atoms with Gasteiger partial charge in [0.15, 0.2) is 0 Å². The van der Waals surface area contributed by atoms with Crippen molar-refractivity contribution in [2.24, 2.45) is 0 Å². The third kappa shape index (κ3) is 3.80. The summed E-state index contributed by atoms with van der Waals surface area (Å²) in [6.07, 6.45) is -3.94. The van der Waals surface area contributed by atoms with Gasteiger partial charge in [-0.1, -0.05) is 36.4 Å². The van der Waals surface area contributed by atoms with Crippen LogP contribution in [0, 0.1) is 0 Å². The molecule has 0 atom stereocenters. The van der Waals surface area contributed by atoms with Crippen molar-refractivity contribution < 1.29 is 17.9 Å². The van der Waals surface area contributed by atoms with E-state index in [0.29, 0.717) is 17.9 Å². The summed E-state index contributed by atoms with van der Waals surface area (Å²) in [4.78, 5) is 4.36. The van der Waals surface area contributed by atoms with Crippen molar-refractivity contribution in [1.82, 2.24) is 4.98 Å². The second-order valence-corrected chi connectivity index (χ2v) is 5.14. The predicted octanol–water partition coefficient (Wildman–Crippen LogP) is 4.88. The Bertz CT molecular complexity index is 814. The van der Waals surface area contributed by atoms with Gasteiger partial charge in [-0.15, -0.1) is 0 Å². The van der Waals surface area contributed by atoms with E-state index in [1.807, 2.05) is 30.3 Å². The first-order valence-corrected chi connectivity index (χ1v) is 7.17. The smallest absolute Gasteiger partial charge is 0.416 e. The van der Waals surface area contributed by atoms with Crippen LogP contribution in [0.5, 0.6) is 5.88 Å². The molecule has 2 aromatic carbocycles. The Morgan fingerprint density at radius 2 is 1.74 bits per heavy atom. The fraction of sp³-hybridized carbons (Fsp3) is 0.167. The number of aromatic nitrogens is 1. The molecule has 23 heavy (non-hydrogen) atoms. The standard InChI is InChI=1S/C18H14F3NO/c19-18(20,21)15-6-3-4-13(12-15)10-11-23-17-9-8-14-5-1-2-7-16(14)22-17/h1-9,12H,10-11H2. The van der Waals surface area contributed by atoms with Crippen molar-refractivity contribution in [2.45, 2.75) is 12.6 Å². The molecule has 3 aromatic rings. The number of pyridine rings is 1. The fourth-order valence-corrected chi connectivity index (χ4v) is 2.30. The molecule has 0 aliphatic rings. The Labute approximate surface area is 131 Å². The average molecular weight is 317 g/mol. The van der Waals surface area contributed by atoms with E-state index in [4.69, 9.17) is 4.74 Å². The molecule has 1 aromatic heterocycles. The van der Waals surface area contributed by atoms with E-state index in [1.54, 1.807) is 12.1 Å². The lowest BCUT2D eigenvalue weighted by molar-refractivity contribution is -0.137. The molecule has 2 nitrogen and oxygen atoms in total. The van der Waals surface area contributed by atoms with Gasteiger partial charge in [-0.05, 0) is 23.8 Å². The molecule has 0 radical (unpaired) electrons. The molecule has 5 heteroatoms. The van der Waals surface area contributed by atoms with Crippen LogP contribution in [0.4, 0.5) is 13.2 Å². The maximum atomic E-state index is 12.7. The van der Waals surface area contributed by atoms with Gasteiger partial charge in [-0.25, -0.2) is 4.98 Å². The van der Waals surface area contributed by atoms with Crippen LogP contribution in [-0.4, -0.2) is 11.6 Å². The Morgan fingerprint density at radius 3 is 2.57 bits per heavy atom. The number of halogens is 3. The maximum absolute atomic E-state index is 12.7. The van der Waals surface area contributed by atoms with Gasteiger partial charge in [0.25, 0.3) is 0 Å². The van der Waals surface area contributed by atoms with Gasteiger partial charge in [0.1, 0.15) is 0 Å². The highest BCUT2D eigenvalue weighted by Gasteiger charge is 2.30. The van der Waals surface area contributed by atoms with E-state index >= 15 is 0 Å². The zero-order chi connectivity index (χ0) is 16.3. The molecule has 0 fully saturated rings. The maximum Gasteiger partial charge on any atom is 0.416 e. The zero-order valence-electron chi connectivity index (χ0n) is 12.2. The first-order valence-electron chi connectivity index (χ1n) is 7.17. The van der Waals surface area contributed by atoms with Crippen LogP contribution < -0.4 is 4.74 Å². The Balaban J connectivity index is 1.64. The molecular formula is C18H14F3NO. The van der Waals surface area contributed by atoms with Crippen molar-refractivity contribution in [1.29, 1.82) is 0 Å². The molecule has 0 aliphatic heterocycles. The molecule has 0 N–H and O–H groups in total. The van der Waals surface area contributed by atoms with Gasteiger partial charge < -0.3 is 4.74 Å². The number of rotatable bonds is 4. The van der Waals surface area contributed by atoms with Gasteiger partial charge in [-0.3, -0.25) is 0 Å². The molecular weight excluding hydrogens is 303 g/mol. The molecule has 118 valence electrons. The third-order valence-electron chi connectivity index (χ3n) is 3.47. The van der Waals surface area contributed by atoms with Crippen molar-refractivity contribution in [3.8, 4) is 5.88 Å². The largest absolute Gasteiger partial charge is 0.477 e. The minimum Gasteiger partial charge on any atom is -0.477 e. The van der Waals surface area contributed by atoms with Crippen LogP contribution >= 0.6 is 0 Å². The van der Waals surface area contributed by atoms with Crippen LogP contribution in [0.25, 0.3) is 10.9 Å². The second-order valence-electron chi connectivity index (χ2n) is 5.14. The summed E-state index contributed by atoms with van der Waals surface area (Å²) in [7, 11) is 0. The van der Waals surface area contributed by atoms with Crippen LogP contribution in [0.15, 0.2) is 60.7 Å². The number of alkyl halides is 3. The van der Waals surface area contributed by atoms with Crippen molar-refractivity contribution >= 4 is 10.9 Å². The Hall–Kier alpha value is -2.56. The number of benzene rings is 2. The normalized spacial score (nSPS) is 11.6. The molecule has 0 saturated carbocycles. The lowest BCUT2D eigenvalue weighted by Gasteiger charge is -2.09. The monoisotopic (exact) mass is 317 g/mol. The topological polar surface area (TPSA) is 22.1 Å². The molecule has 1 heterocycles. The summed E-state index contributed by atoms with van der Waals surface area (Å²) in [5.41, 5.74) is 0.767. The molecule has 0 amide bonds. The highest BCUT2D eigenvalue weighted by Crippen LogP contribution is 2.29. The molecule has 3 rings (SSSR count). The number of ether oxygens (including phenoxy) is 1. The van der Waals surface area contributed by atoms with E-state index in [-0.39, 0.29) is 6.61 Å². The minimum absolute atomic E-state index is 0.270. The Kier molecular flexibility index (Phi) is 4.19. The van der Waals surface area contributed by atoms with E-state index in [0.717, 1.165) is 23.0 Å². The average Bonchev–Trinajstić information content (AvgIpc) is 2.54. The zero-order valence-corrected chi connectivity index (χ0v) is 12.2. The number of hydrogen-bond donors (Lipinski definition) is 0. The summed E-state index contributed by atoms with van der Waals surface area (Å²) < 4.78 is 43.5. The third-order valence-corrected chi connectivity index (χ3v) is 3.47. The van der Waals surface area contributed by atoms with Gasteiger partial charge in [0, 0.05) is 17.9 Å². The predicted molar refractivity (Wildman–Crippen MR) is 82.4 cm³/mol. The van der Waals surface area contributed by atoms with Crippen molar-refractivity contribution in [2.75, 3.05) is 6.61 Å². The number of fused-ring (bicyclic) bond motifs is 1. The van der Waals surface area contributed by atoms with Gasteiger partial charge >= 0.3 is 6.18 Å². The van der Waals surface area contributed by atoms with Crippen molar-refractivity contribution in [3.05, 3.63) is 71.8 Å². The van der Waals surface area contributed by atoms with Crippen LogP contribution in [0.1, 0.15) is 11.1 Å². The van der Waals surface area contributed by atoms with Crippen LogP contribution in [-0.2, 0) is 12.6 Å². The Morgan fingerprint density at radius 1 is 0.913 bits per heavy atom.